The van der Waals surface area contributed by atoms with Gasteiger partial charge >= 0.3 is 0 Å². The van der Waals surface area contributed by atoms with Crippen molar-refractivity contribution in [1.82, 2.24) is 10.2 Å². The topological polar surface area (TPSA) is 58.6 Å². The molecule has 3 aromatic carbocycles. The largest absolute Gasteiger partial charge is 0.497 e. The van der Waals surface area contributed by atoms with Crippen LogP contribution in [0.5, 0.6) is 5.75 Å². The van der Waals surface area contributed by atoms with Crippen LogP contribution in [0.3, 0.4) is 0 Å². The summed E-state index contributed by atoms with van der Waals surface area (Å²) in [5, 5.41) is 3.04. The summed E-state index contributed by atoms with van der Waals surface area (Å²) in [5.41, 5.74) is 3.89. The molecule has 3 rings (SSSR count). The third kappa shape index (κ3) is 6.45. The van der Waals surface area contributed by atoms with Gasteiger partial charge in [-0.1, -0.05) is 86.1 Å². The van der Waals surface area contributed by atoms with Gasteiger partial charge in [0, 0.05) is 19.0 Å². The van der Waals surface area contributed by atoms with Gasteiger partial charge in [-0.25, -0.2) is 0 Å². The van der Waals surface area contributed by atoms with Crippen LogP contribution < -0.4 is 10.1 Å². The first kappa shape index (κ1) is 24.1. The molecule has 0 spiro atoms. The predicted octanol–water partition coefficient (Wildman–Crippen LogP) is 5.05. The second kappa shape index (κ2) is 11.3. The lowest BCUT2D eigenvalue weighted by molar-refractivity contribution is -0.144. The first-order valence-electron chi connectivity index (χ1n) is 11.2. The van der Waals surface area contributed by atoms with Crippen LogP contribution in [0.2, 0.25) is 0 Å². The number of rotatable bonds is 9. The molecule has 33 heavy (non-hydrogen) atoms. The highest BCUT2D eigenvalue weighted by atomic mass is 16.5. The summed E-state index contributed by atoms with van der Waals surface area (Å²) in [5.74, 6) is 0.213. The minimum Gasteiger partial charge on any atom is -0.497 e. The summed E-state index contributed by atoms with van der Waals surface area (Å²) in [4.78, 5) is 28.5. The summed E-state index contributed by atoms with van der Waals surface area (Å²) in [6.45, 7) is 6.46. The molecule has 5 heteroatoms. The van der Waals surface area contributed by atoms with Crippen LogP contribution in [-0.2, 0) is 22.7 Å². The van der Waals surface area contributed by atoms with Crippen LogP contribution in [0.4, 0.5) is 0 Å². The average molecular weight is 445 g/mol. The molecule has 0 aromatic heterocycles. The maximum Gasteiger partial charge on any atom is 0.247 e. The summed E-state index contributed by atoms with van der Waals surface area (Å²) in [6, 6.07) is 24.3. The quantitative estimate of drug-likeness (QED) is 0.503. The number of carbonyl (C=O) groups is 2. The predicted molar refractivity (Wildman–Crippen MR) is 131 cm³/mol. The molecular formula is C28H32N2O3. The number of methoxy groups -OCH3 is 1. The number of hydrogen-bond donors (Lipinski definition) is 1. The maximum absolute atomic E-state index is 13.5. The van der Waals surface area contributed by atoms with Crippen LogP contribution >= 0.6 is 0 Å². The first-order chi connectivity index (χ1) is 15.9. The van der Waals surface area contributed by atoms with E-state index >= 15 is 0 Å². The third-order valence-corrected chi connectivity index (χ3v) is 5.55. The Morgan fingerprint density at radius 2 is 1.48 bits per heavy atom. The highest BCUT2D eigenvalue weighted by Crippen LogP contribution is 2.26. The maximum atomic E-state index is 13.5. The molecular weight excluding hydrogens is 412 g/mol. The fourth-order valence-electron chi connectivity index (χ4n) is 3.66. The van der Waals surface area contributed by atoms with Crippen LogP contribution in [0.25, 0.3) is 0 Å². The average Bonchev–Trinajstić information content (AvgIpc) is 2.84. The van der Waals surface area contributed by atoms with Crippen molar-refractivity contribution in [2.75, 3.05) is 7.11 Å². The van der Waals surface area contributed by atoms with Crippen molar-refractivity contribution >= 4 is 11.8 Å². The molecule has 3 aromatic rings. The smallest absolute Gasteiger partial charge is 0.247 e. The van der Waals surface area contributed by atoms with Crippen LogP contribution in [-0.4, -0.2) is 23.8 Å². The molecule has 0 fully saturated rings. The first-order valence-corrected chi connectivity index (χ1v) is 11.2. The van der Waals surface area contributed by atoms with Gasteiger partial charge in [-0.3, -0.25) is 9.59 Å². The van der Waals surface area contributed by atoms with E-state index < -0.39 is 6.04 Å². The van der Waals surface area contributed by atoms with Gasteiger partial charge in [-0.15, -0.1) is 0 Å². The van der Waals surface area contributed by atoms with Gasteiger partial charge in [-0.05, 0) is 35.7 Å². The Morgan fingerprint density at radius 3 is 2.06 bits per heavy atom. The van der Waals surface area contributed by atoms with Gasteiger partial charge in [0.15, 0.2) is 0 Å². The van der Waals surface area contributed by atoms with E-state index in [4.69, 9.17) is 4.74 Å². The van der Waals surface area contributed by atoms with Crippen molar-refractivity contribution < 1.29 is 14.3 Å². The molecule has 1 atom stereocenters. The van der Waals surface area contributed by atoms with Crippen LogP contribution in [0, 0.1) is 12.8 Å². The van der Waals surface area contributed by atoms with Gasteiger partial charge in [-0.2, -0.15) is 0 Å². The molecule has 0 bridgehead atoms. The zero-order valence-electron chi connectivity index (χ0n) is 19.7. The summed E-state index contributed by atoms with van der Waals surface area (Å²) in [6.07, 6.45) is 0. The molecule has 1 N–H and O–H groups in total. The van der Waals surface area contributed by atoms with Gasteiger partial charge in [0.05, 0.1) is 7.11 Å². The van der Waals surface area contributed by atoms with Crippen molar-refractivity contribution in [3.63, 3.8) is 0 Å². The number of benzene rings is 3. The second-order valence-corrected chi connectivity index (χ2v) is 8.49. The van der Waals surface area contributed by atoms with Crippen molar-refractivity contribution in [3.8, 4) is 5.75 Å². The van der Waals surface area contributed by atoms with Crippen molar-refractivity contribution in [3.05, 3.63) is 101 Å². The van der Waals surface area contributed by atoms with Gasteiger partial charge in [0.2, 0.25) is 11.8 Å². The van der Waals surface area contributed by atoms with E-state index in [1.165, 1.54) is 5.56 Å². The van der Waals surface area contributed by atoms with Crippen molar-refractivity contribution in [1.29, 1.82) is 0 Å². The molecule has 0 heterocycles. The van der Waals surface area contributed by atoms with E-state index in [1.54, 1.807) is 12.0 Å². The molecule has 2 amide bonds. The number of hydrogen-bond acceptors (Lipinski definition) is 3. The Kier molecular flexibility index (Phi) is 8.25. The minimum atomic E-state index is -0.742. The summed E-state index contributed by atoms with van der Waals surface area (Å²) in [7, 11) is 1.62. The standard InChI is InChI=1S/C28H32N2O3/c1-20(2)28(32)30(19-23-14-16-25(33-4)17-15-23)26(24-8-6-5-7-9-24)27(31)29-18-22-12-10-21(3)11-13-22/h5-17,20,26H,18-19H2,1-4H3,(H,29,31)/t26-/m1/s1. The lowest BCUT2D eigenvalue weighted by Crippen LogP contribution is -2.44. The van der Waals surface area contributed by atoms with Crippen molar-refractivity contribution in [2.45, 2.75) is 39.9 Å². The molecule has 0 aliphatic carbocycles. The van der Waals surface area contributed by atoms with E-state index in [9.17, 15) is 9.59 Å². The normalized spacial score (nSPS) is 11.7. The van der Waals surface area contributed by atoms with Gasteiger partial charge in [0.1, 0.15) is 11.8 Å². The third-order valence-electron chi connectivity index (χ3n) is 5.55. The Hall–Kier alpha value is -3.60. The van der Waals surface area contributed by atoms with Crippen molar-refractivity contribution in [2.24, 2.45) is 5.92 Å². The highest BCUT2D eigenvalue weighted by Gasteiger charge is 2.32. The van der Waals surface area contributed by atoms with Crippen LogP contribution in [0.1, 0.15) is 42.1 Å². The number of nitrogens with zero attached hydrogens (tertiary/aromatic N) is 1. The van der Waals surface area contributed by atoms with Gasteiger partial charge < -0.3 is 15.0 Å². The lowest BCUT2D eigenvalue weighted by atomic mass is 10.0. The molecule has 0 saturated heterocycles. The second-order valence-electron chi connectivity index (χ2n) is 8.49. The number of aryl methyl sites for hydroxylation is 1. The fraction of sp³-hybridized carbons (Fsp3) is 0.286. The Bertz CT molecular complexity index is 1040. The molecule has 5 nitrogen and oxygen atoms in total. The number of nitrogens with one attached hydrogen (secondary N) is 1. The van der Waals surface area contributed by atoms with E-state index in [2.05, 4.69) is 5.32 Å². The van der Waals surface area contributed by atoms with E-state index in [0.717, 1.165) is 22.4 Å². The zero-order valence-corrected chi connectivity index (χ0v) is 19.7. The van der Waals surface area contributed by atoms with E-state index in [1.807, 2.05) is 99.6 Å². The SMILES string of the molecule is COc1ccc(CN(C(=O)C(C)C)[C@@H](C(=O)NCc2ccc(C)cc2)c2ccccc2)cc1. The zero-order chi connectivity index (χ0) is 23.8. The Morgan fingerprint density at radius 1 is 0.879 bits per heavy atom. The summed E-state index contributed by atoms with van der Waals surface area (Å²) >= 11 is 0. The summed E-state index contributed by atoms with van der Waals surface area (Å²) < 4.78 is 5.25. The lowest BCUT2D eigenvalue weighted by Gasteiger charge is -2.33. The van der Waals surface area contributed by atoms with E-state index in [-0.39, 0.29) is 17.7 Å². The van der Waals surface area contributed by atoms with E-state index in [0.29, 0.717) is 13.1 Å². The highest BCUT2D eigenvalue weighted by molar-refractivity contribution is 5.89. The molecule has 0 aliphatic heterocycles. The number of carbonyl (C=O) groups excluding carboxylic acids is 2. The monoisotopic (exact) mass is 444 g/mol. The fourth-order valence-corrected chi connectivity index (χ4v) is 3.66. The Labute approximate surface area is 196 Å². The molecule has 0 saturated carbocycles. The molecule has 172 valence electrons. The van der Waals surface area contributed by atoms with Crippen LogP contribution in [0.15, 0.2) is 78.9 Å². The molecule has 0 unspecified atom stereocenters. The Balaban J connectivity index is 1.91. The molecule has 0 aliphatic rings. The minimum absolute atomic E-state index is 0.0786. The number of ether oxygens (including phenoxy) is 1. The molecule has 0 radical (unpaired) electrons. The van der Waals surface area contributed by atoms with Gasteiger partial charge in [0.25, 0.3) is 0 Å². The number of amides is 2.